The third-order valence-electron chi connectivity index (χ3n) is 5.46. The van der Waals surface area contributed by atoms with Crippen LogP contribution in [0, 0.1) is 17.1 Å². The Morgan fingerprint density at radius 1 is 1.12 bits per heavy atom. The number of aromatic nitrogens is 1. The lowest BCUT2D eigenvalue weighted by Gasteiger charge is -2.24. The third kappa shape index (κ3) is 3.83. The maximum atomic E-state index is 14.0. The number of hydrazine groups is 1. The zero-order chi connectivity index (χ0) is 22.9. The number of aromatic amines is 1. The second-order valence-corrected chi connectivity index (χ2v) is 8.60. The number of hydrogen-bond acceptors (Lipinski definition) is 4. The highest BCUT2D eigenvalue weighted by Crippen LogP contribution is 2.38. The second kappa shape index (κ2) is 8.45. The molecule has 1 saturated heterocycles. The standard InChI is InChI=1S/C25H17FN4O2S/c26-18-10-11-20-19(12-18)22(16-4-2-1-3-5-16)23(28-20)24(32)29-30-21(31)14-33-25(30)17-8-6-15(13-27)7-9-17/h1-12,25,28H,14H2,(H,29,32). The molecule has 4 aromatic rings. The van der Waals surface area contributed by atoms with Gasteiger partial charge in [-0.05, 0) is 41.5 Å². The van der Waals surface area contributed by atoms with Gasteiger partial charge in [0.05, 0.1) is 17.4 Å². The molecule has 162 valence electrons. The van der Waals surface area contributed by atoms with Gasteiger partial charge in [0.1, 0.15) is 16.9 Å². The van der Waals surface area contributed by atoms with Gasteiger partial charge in [0.15, 0.2) is 0 Å². The van der Waals surface area contributed by atoms with Gasteiger partial charge in [-0.25, -0.2) is 9.40 Å². The lowest BCUT2D eigenvalue weighted by atomic mass is 10.0. The molecular weight excluding hydrogens is 439 g/mol. The van der Waals surface area contributed by atoms with Gasteiger partial charge in [0.2, 0.25) is 0 Å². The predicted octanol–water partition coefficient (Wildman–Crippen LogP) is 4.76. The number of fused-ring (bicyclic) bond motifs is 1. The molecule has 0 bridgehead atoms. The average Bonchev–Trinajstić information content (AvgIpc) is 3.40. The fraction of sp³-hybridized carbons (Fsp3) is 0.0800. The summed E-state index contributed by atoms with van der Waals surface area (Å²) in [5.41, 5.74) is 6.23. The van der Waals surface area contributed by atoms with Crippen LogP contribution in [0.15, 0.2) is 72.8 Å². The zero-order valence-electron chi connectivity index (χ0n) is 17.2. The van der Waals surface area contributed by atoms with Crippen LogP contribution in [0.2, 0.25) is 0 Å². The van der Waals surface area contributed by atoms with Crippen LogP contribution in [0.4, 0.5) is 4.39 Å². The summed E-state index contributed by atoms with van der Waals surface area (Å²) in [7, 11) is 0. The van der Waals surface area contributed by atoms with Crippen molar-refractivity contribution < 1.29 is 14.0 Å². The highest BCUT2D eigenvalue weighted by atomic mass is 32.2. The first-order chi connectivity index (χ1) is 16.0. The summed E-state index contributed by atoms with van der Waals surface area (Å²) >= 11 is 1.39. The molecule has 2 heterocycles. The lowest BCUT2D eigenvalue weighted by Crippen LogP contribution is -2.44. The minimum Gasteiger partial charge on any atom is -0.350 e. The van der Waals surface area contributed by atoms with Gasteiger partial charge < -0.3 is 4.98 Å². The lowest BCUT2D eigenvalue weighted by molar-refractivity contribution is -0.130. The van der Waals surface area contributed by atoms with E-state index in [9.17, 15) is 14.0 Å². The van der Waals surface area contributed by atoms with E-state index < -0.39 is 17.1 Å². The Bertz CT molecular complexity index is 1410. The highest BCUT2D eigenvalue weighted by Gasteiger charge is 2.35. The monoisotopic (exact) mass is 456 g/mol. The molecular formula is C25H17FN4O2S. The fourth-order valence-electron chi connectivity index (χ4n) is 3.92. The van der Waals surface area contributed by atoms with Crippen LogP contribution in [0.25, 0.3) is 22.0 Å². The molecule has 6 nitrogen and oxygen atoms in total. The number of carbonyl (C=O) groups excluding carboxylic acids is 2. The Morgan fingerprint density at radius 2 is 1.88 bits per heavy atom. The Morgan fingerprint density at radius 3 is 2.61 bits per heavy atom. The summed E-state index contributed by atoms with van der Waals surface area (Å²) in [5, 5.41) is 10.5. The number of benzene rings is 3. The molecule has 1 unspecified atom stereocenters. The first-order valence-electron chi connectivity index (χ1n) is 10.2. The molecule has 1 fully saturated rings. The maximum Gasteiger partial charge on any atom is 0.286 e. The Balaban J connectivity index is 1.52. The summed E-state index contributed by atoms with van der Waals surface area (Å²) in [6, 6.07) is 22.5. The number of carbonyl (C=O) groups is 2. The topological polar surface area (TPSA) is 89.0 Å². The van der Waals surface area contributed by atoms with E-state index in [-0.39, 0.29) is 17.4 Å². The third-order valence-corrected chi connectivity index (χ3v) is 6.68. The van der Waals surface area contributed by atoms with Crippen LogP contribution in [0.3, 0.4) is 0 Å². The summed E-state index contributed by atoms with van der Waals surface area (Å²) in [6.45, 7) is 0. The molecule has 1 atom stereocenters. The van der Waals surface area contributed by atoms with Crippen molar-refractivity contribution >= 4 is 34.5 Å². The van der Waals surface area contributed by atoms with Crippen LogP contribution in [-0.2, 0) is 4.79 Å². The summed E-state index contributed by atoms with van der Waals surface area (Å²) in [5.74, 6) is -0.919. The SMILES string of the molecule is N#Cc1ccc(C2SCC(=O)N2NC(=O)c2[nH]c3ccc(F)cc3c2-c2ccccc2)cc1. The van der Waals surface area contributed by atoms with Crippen molar-refractivity contribution in [1.29, 1.82) is 5.26 Å². The van der Waals surface area contributed by atoms with E-state index in [4.69, 9.17) is 5.26 Å². The number of nitrogens with one attached hydrogen (secondary N) is 2. The second-order valence-electron chi connectivity index (χ2n) is 7.53. The van der Waals surface area contributed by atoms with Crippen molar-refractivity contribution in [2.45, 2.75) is 5.37 Å². The van der Waals surface area contributed by atoms with E-state index in [2.05, 4.69) is 16.5 Å². The fourth-order valence-corrected chi connectivity index (χ4v) is 5.03. The van der Waals surface area contributed by atoms with Gasteiger partial charge in [0, 0.05) is 16.5 Å². The van der Waals surface area contributed by atoms with Gasteiger partial charge in [-0.1, -0.05) is 42.5 Å². The molecule has 0 spiro atoms. The Kier molecular flexibility index (Phi) is 5.32. The molecule has 2 amide bonds. The van der Waals surface area contributed by atoms with Gasteiger partial charge in [0.25, 0.3) is 11.8 Å². The molecule has 0 saturated carbocycles. The molecule has 2 N–H and O–H groups in total. The van der Waals surface area contributed by atoms with E-state index in [1.165, 1.54) is 28.9 Å². The largest absolute Gasteiger partial charge is 0.350 e. The predicted molar refractivity (Wildman–Crippen MR) is 124 cm³/mol. The first kappa shape index (κ1) is 20.8. The van der Waals surface area contributed by atoms with Crippen LogP contribution < -0.4 is 5.43 Å². The summed E-state index contributed by atoms with van der Waals surface area (Å²) in [6.07, 6.45) is 0. The molecule has 0 aliphatic carbocycles. The number of hydrogen-bond donors (Lipinski definition) is 2. The van der Waals surface area contributed by atoms with E-state index >= 15 is 0 Å². The van der Waals surface area contributed by atoms with Crippen molar-refractivity contribution in [1.82, 2.24) is 15.4 Å². The quantitative estimate of drug-likeness (QED) is 0.463. The van der Waals surface area contributed by atoms with E-state index in [0.29, 0.717) is 22.0 Å². The molecule has 1 aliphatic heterocycles. The van der Waals surface area contributed by atoms with Gasteiger partial charge >= 0.3 is 0 Å². The Hall–Kier alpha value is -4.09. The molecule has 5 rings (SSSR count). The summed E-state index contributed by atoms with van der Waals surface area (Å²) < 4.78 is 14.0. The molecule has 33 heavy (non-hydrogen) atoms. The van der Waals surface area contributed by atoms with Crippen LogP contribution in [-0.4, -0.2) is 27.6 Å². The Labute approximate surface area is 193 Å². The maximum absolute atomic E-state index is 14.0. The molecule has 0 radical (unpaired) electrons. The highest BCUT2D eigenvalue weighted by molar-refractivity contribution is 8.00. The van der Waals surface area contributed by atoms with E-state index in [0.717, 1.165) is 11.1 Å². The number of amides is 2. The number of thioether (sulfide) groups is 1. The first-order valence-corrected chi connectivity index (χ1v) is 11.2. The molecule has 1 aromatic heterocycles. The van der Waals surface area contributed by atoms with E-state index in [1.807, 2.05) is 30.3 Å². The van der Waals surface area contributed by atoms with Crippen molar-refractivity contribution in [3.05, 3.63) is 95.4 Å². The molecule has 1 aliphatic rings. The van der Waals surface area contributed by atoms with Crippen molar-refractivity contribution in [2.75, 3.05) is 5.75 Å². The van der Waals surface area contributed by atoms with Crippen LogP contribution in [0.1, 0.15) is 27.0 Å². The summed E-state index contributed by atoms with van der Waals surface area (Å²) in [4.78, 5) is 29.1. The van der Waals surface area contributed by atoms with Crippen molar-refractivity contribution in [3.63, 3.8) is 0 Å². The number of rotatable bonds is 4. The van der Waals surface area contributed by atoms with Crippen LogP contribution >= 0.6 is 11.8 Å². The number of halogens is 1. The van der Waals surface area contributed by atoms with Gasteiger partial charge in [-0.15, -0.1) is 11.8 Å². The van der Waals surface area contributed by atoms with Gasteiger partial charge in [-0.3, -0.25) is 15.0 Å². The number of H-pyrrole nitrogens is 1. The van der Waals surface area contributed by atoms with Crippen LogP contribution in [0.5, 0.6) is 0 Å². The van der Waals surface area contributed by atoms with E-state index in [1.54, 1.807) is 30.3 Å². The number of nitrogens with zero attached hydrogens (tertiary/aromatic N) is 2. The van der Waals surface area contributed by atoms with Crippen molar-refractivity contribution in [3.8, 4) is 17.2 Å². The number of nitriles is 1. The molecule has 3 aromatic carbocycles. The normalized spacial score (nSPS) is 15.6. The minimum absolute atomic E-state index is 0.217. The van der Waals surface area contributed by atoms with Gasteiger partial charge in [-0.2, -0.15) is 5.26 Å². The zero-order valence-corrected chi connectivity index (χ0v) is 18.0. The average molecular weight is 457 g/mol. The smallest absolute Gasteiger partial charge is 0.286 e. The van der Waals surface area contributed by atoms with Crippen molar-refractivity contribution in [2.24, 2.45) is 0 Å². The minimum atomic E-state index is -0.500. The molecule has 8 heteroatoms.